The normalized spacial score (nSPS) is 26.6. The van der Waals surface area contributed by atoms with Crippen molar-refractivity contribution in [1.82, 2.24) is 9.97 Å². The van der Waals surface area contributed by atoms with Crippen molar-refractivity contribution in [3.8, 4) is 0 Å². The van der Waals surface area contributed by atoms with Crippen molar-refractivity contribution in [3.05, 3.63) is 17.0 Å². The van der Waals surface area contributed by atoms with Crippen molar-refractivity contribution in [1.29, 1.82) is 0 Å². The summed E-state index contributed by atoms with van der Waals surface area (Å²) in [6.07, 6.45) is 2.10. The van der Waals surface area contributed by atoms with E-state index in [4.69, 9.17) is 11.6 Å². The molecule has 1 aliphatic carbocycles. The molecule has 0 spiro atoms. The lowest BCUT2D eigenvalue weighted by atomic mass is 9.78. The number of rotatable bonds is 1. The molecule has 1 aromatic heterocycles. The molecule has 2 fully saturated rings. The van der Waals surface area contributed by atoms with E-state index in [0.717, 1.165) is 38.6 Å². The monoisotopic (exact) mass is 319 g/mol. The Bertz CT molecular complexity index is 519. The van der Waals surface area contributed by atoms with Gasteiger partial charge in [0.05, 0.1) is 0 Å². The molecule has 21 heavy (non-hydrogen) atoms. The Morgan fingerprint density at radius 1 is 1.10 bits per heavy atom. The van der Waals surface area contributed by atoms with Crippen LogP contribution in [0.15, 0.2) is 6.07 Å². The summed E-state index contributed by atoms with van der Waals surface area (Å²) >= 11 is 5.77. The highest BCUT2D eigenvalue weighted by molar-refractivity contribution is 6.29. The molecule has 0 bridgehead atoms. The van der Waals surface area contributed by atoms with Gasteiger partial charge in [-0.15, -0.1) is 0 Å². The molecular weight excluding hydrogens is 303 g/mol. The van der Waals surface area contributed by atoms with Gasteiger partial charge in [0.15, 0.2) is 0 Å². The zero-order chi connectivity index (χ0) is 15.0. The van der Waals surface area contributed by atoms with Gasteiger partial charge in [-0.1, -0.05) is 24.4 Å². The zero-order valence-electron chi connectivity index (χ0n) is 11.5. The lowest BCUT2D eigenvalue weighted by molar-refractivity contribution is -0.144. The van der Waals surface area contributed by atoms with Crippen LogP contribution in [0.2, 0.25) is 5.15 Å². The molecule has 7 heteroatoms. The summed E-state index contributed by atoms with van der Waals surface area (Å²) in [7, 11) is 0. The summed E-state index contributed by atoms with van der Waals surface area (Å²) < 4.78 is 38.5. The summed E-state index contributed by atoms with van der Waals surface area (Å²) in [6.45, 7) is 0.742. The first kappa shape index (κ1) is 14.9. The van der Waals surface area contributed by atoms with E-state index >= 15 is 0 Å². The second-order valence-corrected chi connectivity index (χ2v) is 6.20. The van der Waals surface area contributed by atoms with Crippen molar-refractivity contribution < 1.29 is 13.2 Å². The molecule has 0 radical (unpaired) electrons. The molecule has 0 amide bonds. The third-order valence-electron chi connectivity index (χ3n) is 4.47. The Labute approximate surface area is 126 Å². The Balaban J connectivity index is 1.93. The molecule has 1 aromatic rings. The van der Waals surface area contributed by atoms with Gasteiger partial charge < -0.3 is 4.90 Å². The SMILES string of the molecule is FC(F)(F)c1nc(Cl)cc(N2CCC[C@H]3CCCC[C@H]32)n1. The second kappa shape index (κ2) is 5.63. The van der Waals surface area contributed by atoms with Gasteiger partial charge in [-0.25, -0.2) is 9.97 Å². The van der Waals surface area contributed by atoms with E-state index in [9.17, 15) is 13.2 Å². The van der Waals surface area contributed by atoms with Gasteiger partial charge in [-0.2, -0.15) is 13.2 Å². The molecule has 0 aromatic carbocycles. The second-order valence-electron chi connectivity index (χ2n) is 5.82. The molecule has 2 heterocycles. The maximum Gasteiger partial charge on any atom is 0.451 e. The van der Waals surface area contributed by atoms with Crippen molar-refractivity contribution in [2.24, 2.45) is 5.92 Å². The van der Waals surface area contributed by atoms with Crippen LogP contribution in [0.4, 0.5) is 19.0 Å². The maximum atomic E-state index is 12.8. The van der Waals surface area contributed by atoms with Crippen LogP contribution in [0.25, 0.3) is 0 Å². The van der Waals surface area contributed by atoms with E-state index in [0.29, 0.717) is 17.8 Å². The van der Waals surface area contributed by atoms with Crippen LogP contribution in [0.5, 0.6) is 0 Å². The Kier molecular flexibility index (Phi) is 3.99. The van der Waals surface area contributed by atoms with Gasteiger partial charge in [-0.05, 0) is 31.6 Å². The van der Waals surface area contributed by atoms with Gasteiger partial charge in [-0.3, -0.25) is 0 Å². The third kappa shape index (κ3) is 3.10. The number of hydrogen-bond donors (Lipinski definition) is 0. The third-order valence-corrected chi connectivity index (χ3v) is 4.67. The number of halogens is 4. The zero-order valence-corrected chi connectivity index (χ0v) is 12.3. The molecule has 0 unspecified atom stereocenters. The van der Waals surface area contributed by atoms with Gasteiger partial charge in [0.2, 0.25) is 5.82 Å². The van der Waals surface area contributed by atoms with Crippen LogP contribution >= 0.6 is 11.6 Å². The summed E-state index contributed by atoms with van der Waals surface area (Å²) in [5, 5.41) is -0.148. The molecule has 116 valence electrons. The van der Waals surface area contributed by atoms with Crippen LogP contribution in [0.3, 0.4) is 0 Å². The molecule has 1 saturated carbocycles. The molecule has 2 aliphatic rings. The van der Waals surface area contributed by atoms with E-state index in [1.165, 1.54) is 12.5 Å². The number of alkyl halides is 3. The summed E-state index contributed by atoms with van der Waals surface area (Å²) in [4.78, 5) is 9.04. The van der Waals surface area contributed by atoms with E-state index in [1.54, 1.807) is 0 Å². The van der Waals surface area contributed by atoms with Crippen LogP contribution in [0, 0.1) is 5.92 Å². The first-order valence-corrected chi connectivity index (χ1v) is 7.71. The molecule has 3 rings (SSSR count). The molecule has 3 nitrogen and oxygen atoms in total. The fourth-order valence-corrected chi connectivity index (χ4v) is 3.77. The molecule has 0 N–H and O–H groups in total. The van der Waals surface area contributed by atoms with Crippen LogP contribution in [0.1, 0.15) is 44.3 Å². The van der Waals surface area contributed by atoms with E-state index in [1.807, 2.05) is 4.90 Å². The van der Waals surface area contributed by atoms with Crippen molar-refractivity contribution >= 4 is 17.4 Å². The smallest absolute Gasteiger partial charge is 0.353 e. The molecule has 1 aliphatic heterocycles. The number of hydrogen-bond acceptors (Lipinski definition) is 3. The van der Waals surface area contributed by atoms with Crippen LogP contribution in [-0.4, -0.2) is 22.6 Å². The summed E-state index contributed by atoms with van der Waals surface area (Å²) in [5.74, 6) is -0.266. The molecule has 2 atom stereocenters. The standard InChI is InChI=1S/C14H17ClF3N3/c15-11-8-12(20-13(19-11)14(16,17)18)21-7-3-5-9-4-1-2-6-10(9)21/h8-10H,1-7H2/t9-,10-/m1/s1. The fraction of sp³-hybridized carbons (Fsp3) is 0.714. The van der Waals surface area contributed by atoms with Crippen molar-refractivity contribution in [2.75, 3.05) is 11.4 Å². The van der Waals surface area contributed by atoms with Gasteiger partial charge in [0.1, 0.15) is 11.0 Å². The average Bonchev–Trinajstić information content (AvgIpc) is 2.45. The first-order chi connectivity index (χ1) is 9.95. The summed E-state index contributed by atoms with van der Waals surface area (Å²) in [6, 6.07) is 1.74. The Hall–Kier alpha value is -1.04. The Morgan fingerprint density at radius 3 is 2.57 bits per heavy atom. The summed E-state index contributed by atoms with van der Waals surface area (Å²) in [5.41, 5.74) is 0. The number of anilines is 1. The van der Waals surface area contributed by atoms with E-state index in [-0.39, 0.29) is 5.15 Å². The maximum absolute atomic E-state index is 12.8. The average molecular weight is 320 g/mol. The minimum atomic E-state index is -4.57. The van der Waals surface area contributed by atoms with Crippen molar-refractivity contribution in [3.63, 3.8) is 0 Å². The first-order valence-electron chi connectivity index (χ1n) is 7.33. The van der Waals surface area contributed by atoms with E-state index < -0.39 is 12.0 Å². The highest BCUT2D eigenvalue weighted by Crippen LogP contribution is 2.38. The lowest BCUT2D eigenvalue weighted by Crippen LogP contribution is -2.47. The Morgan fingerprint density at radius 2 is 1.81 bits per heavy atom. The molecular formula is C14H17ClF3N3. The highest BCUT2D eigenvalue weighted by atomic mass is 35.5. The van der Waals surface area contributed by atoms with Crippen LogP contribution < -0.4 is 4.90 Å². The number of piperidine rings is 1. The largest absolute Gasteiger partial charge is 0.451 e. The predicted molar refractivity (Wildman–Crippen MR) is 74.4 cm³/mol. The highest BCUT2D eigenvalue weighted by Gasteiger charge is 2.38. The van der Waals surface area contributed by atoms with E-state index in [2.05, 4.69) is 9.97 Å². The van der Waals surface area contributed by atoms with Crippen LogP contribution in [-0.2, 0) is 6.18 Å². The van der Waals surface area contributed by atoms with Crippen molar-refractivity contribution in [2.45, 2.75) is 50.7 Å². The van der Waals surface area contributed by atoms with Gasteiger partial charge >= 0.3 is 6.18 Å². The number of fused-ring (bicyclic) bond motifs is 1. The molecule has 1 saturated heterocycles. The predicted octanol–water partition coefficient (Wildman–Crippen LogP) is 4.31. The van der Waals surface area contributed by atoms with Gasteiger partial charge in [0.25, 0.3) is 0 Å². The number of nitrogens with zero attached hydrogens (tertiary/aromatic N) is 3. The minimum absolute atomic E-state index is 0.148. The lowest BCUT2D eigenvalue weighted by Gasteiger charge is -2.44. The minimum Gasteiger partial charge on any atom is -0.353 e. The quantitative estimate of drug-likeness (QED) is 0.722. The van der Waals surface area contributed by atoms with Gasteiger partial charge in [0, 0.05) is 18.7 Å². The topological polar surface area (TPSA) is 29.0 Å². The fourth-order valence-electron chi connectivity index (χ4n) is 3.59. The number of aromatic nitrogens is 2.